The topological polar surface area (TPSA) is 58.2 Å². The summed E-state index contributed by atoms with van der Waals surface area (Å²) in [5, 5.41) is 2.95. The minimum atomic E-state index is -3.38. The minimum absolute atomic E-state index is 0.0541. The van der Waals surface area contributed by atoms with Crippen LogP contribution >= 0.6 is 15.9 Å². The maximum absolute atomic E-state index is 12.9. The molecule has 0 aromatic heterocycles. The Morgan fingerprint density at radius 2 is 2.06 bits per heavy atom. The zero-order chi connectivity index (χ0) is 13.6. The lowest BCUT2D eigenvalue weighted by atomic mass is 10.3. The Bertz CT molecular complexity index is 494. The van der Waals surface area contributed by atoms with E-state index in [0.717, 1.165) is 13.0 Å². The highest BCUT2D eigenvalue weighted by Crippen LogP contribution is 2.24. The van der Waals surface area contributed by atoms with E-state index in [9.17, 15) is 12.8 Å². The van der Waals surface area contributed by atoms with Crippen LogP contribution in [0.5, 0.6) is 0 Å². The van der Waals surface area contributed by atoms with E-state index in [-0.39, 0.29) is 5.75 Å². The van der Waals surface area contributed by atoms with Gasteiger partial charge in [-0.2, -0.15) is 0 Å². The molecule has 0 aliphatic heterocycles. The van der Waals surface area contributed by atoms with Crippen molar-refractivity contribution in [3.63, 3.8) is 0 Å². The van der Waals surface area contributed by atoms with Gasteiger partial charge in [-0.25, -0.2) is 12.8 Å². The highest BCUT2D eigenvalue weighted by atomic mass is 79.9. The van der Waals surface area contributed by atoms with Gasteiger partial charge in [-0.1, -0.05) is 0 Å². The first-order valence-electron chi connectivity index (χ1n) is 5.55. The first-order chi connectivity index (χ1) is 8.44. The van der Waals surface area contributed by atoms with Crippen molar-refractivity contribution >= 4 is 31.6 Å². The Labute approximate surface area is 115 Å². The summed E-state index contributed by atoms with van der Waals surface area (Å²) in [7, 11) is -1.56. The number of anilines is 1. The first kappa shape index (κ1) is 15.4. The molecule has 1 aromatic carbocycles. The molecule has 0 atom stereocenters. The molecule has 7 heteroatoms. The number of sulfonamides is 1. The number of nitrogens with one attached hydrogen (secondary N) is 2. The number of unbranched alkanes of at least 4 members (excludes halogenated alkanes) is 1. The normalized spacial score (nSPS) is 11.5. The Hall–Kier alpha value is -0.660. The van der Waals surface area contributed by atoms with E-state index in [1.807, 2.05) is 7.05 Å². The summed E-state index contributed by atoms with van der Waals surface area (Å²) in [6.45, 7) is 0.787. The van der Waals surface area contributed by atoms with Gasteiger partial charge >= 0.3 is 0 Å². The zero-order valence-electron chi connectivity index (χ0n) is 10.0. The number of rotatable bonds is 7. The van der Waals surface area contributed by atoms with Crippen molar-refractivity contribution in [3.8, 4) is 0 Å². The van der Waals surface area contributed by atoms with E-state index in [1.165, 1.54) is 18.2 Å². The fourth-order valence-corrected chi connectivity index (χ4v) is 3.17. The molecule has 0 spiro atoms. The molecule has 0 aliphatic carbocycles. The molecule has 0 saturated carbocycles. The molecule has 4 nitrogen and oxygen atoms in total. The Kier molecular flexibility index (Phi) is 6.04. The molecule has 0 heterocycles. The largest absolute Gasteiger partial charge is 0.320 e. The molecule has 0 radical (unpaired) electrons. The molecule has 1 rings (SSSR count). The first-order valence-corrected chi connectivity index (χ1v) is 7.99. The van der Waals surface area contributed by atoms with Crippen LogP contribution in [-0.4, -0.2) is 27.8 Å². The molecule has 0 bridgehead atoms. The van der Waals surface area contributed by atoms with Gasteiger partial charge in [0.05, 0.1) is 11.4 Å². The van der Waals surface area contributed by atoms with Crippen LogP contribution in [0.25, 0.3) is 0 Å². The van der Waals surface area contributed by atoms with Crippen molar-refractivity contribution in [2.75, 3.05) is 24.1 Å². The Morgan fingerprint density at radius 1 is 1.33 bits per heavy atom. The molecule has 0 fully saturated rings. The molecule has 102 valence electrons. The van der Waals surface area contributed by atoms with Crippen LogP contribution < -0.4 is 10.0 Å². The average Bonchev–Trinajstić information content (AvgIpc) is 2.28. The van der Waals surface area contributed by atoms with Crippen LogP contribution in [0.4, 0.5) is 10.1 Å². The second-order valence-electron chi connectivity index (χ2n) is 3.86. The third-order valence-corrected chi connectivity index (χ3v) is 4.30. The molecule has 0 saturated heterocycles. The smallest absolute Gasteiger partial charge is 0.232 e. The summed E-state index contributed by atoms with van der Waals surface area (Å²) in [6.07, 6.45) is 1.37. The lowest BCUT2D eigenvalue weighted by molar-refractivity contribution is 0.595. The van der Waals surface area contributed by atoms with E-state index in [4.69, 9.17) is 0 Å². The fraction of sp³-hybridized carbons (Fsp3) is 0.455. The Balaban J connectivity index is 2.59. The van der Waals surface area contributed by atoms with Crippen molar-refractivity contribution in [3.05, 3.63) is 28.5 Å². The Morgan fingerprint density at radius 3 is 2.67 bits per heavy atom. The third kappa shape index (κ3) is 5.32. The monoisotopic (exact) mass is 338 g/mol. The van der Waals surface area contributed by atoms with Gasteiger partial charge in [0.1, 0.15) is 5.82 Å². The predicted molar refractivity (Wildman–Crippen MR) is 74.7 cm³/mol. The molecular formula is C11H16BrFN2O2S. The van der Waals surface area contributed by atoms with Crippen LogP contribution in [0.1, 0.15) is 12.8 Å². The lowest BCUT2D eigenvalue weighted by Crippen LogP contribution is -2.18. The van der Waals surface area contributed by atoms with Crippen LogP contribution in [-0.2, 0) is 10.0 Å². The number of hydrogen-bond acceptors (Lipinski definition) is 3. The molecular weight excluding hydrogens is 323 g/mol. The zero-order valence-corrected chi connectivity index (χ0v) is 12.4. The quantitative estimate of drug-likeness (QED) is 0.750. The summed E-state index contributed by atoms with van der Waals surface area (Å²) in [5.74, 6) is -0.364. The number of hydrogen-bond donors (Lipinski definition) is 2. The van der Waals surface area contributed by atoms with E-state index >= 15 is 0 Å². The van der Waals surface area contributed by atoms with Crippen molar-refractivity contribution in [2.24, 2.45) is 0 Å². The molecule has 2 N–H and O–H groups in total. The van der Waals surface area contributed by atoms with Crippen LogP contribution in [0.15, 0.2) is 22.7 Å². The van der Waals surface area contributed by atoms with Gasteiger partial charge in [0.25, 0.3) is 0 Å². The van der Waals surface area contributed by atoms with E-state index < -0.39 is 15.8 Å². The molecule has 0 aliphatic rings. The van der Waals surface area contributed by atoms with E-state index in [1.54, 1.807) is 0 Å². The summed E-state index contributed by atoms with van der Waals surface area (Å²) in [4.78, 5) is 0. The van der Waals surface area contributed by atoms with E-state index in [2.05, 4.69) is 26.0 Å². The van der Waals surface area contributed by atoms with Gasteiger partial charge in [-0.3, -0.25) is 4.72 Å². The summed E-state index contributed by atoms with van der Waals surface area (Å²) in [5.41, 5.74) is 0.352. The van der Waals surface area contributed by atoms with Gasteiger partial charge in [0.2, 0.25) is 10.0 Å². The van der Waals surface area contributed by atoms with Crippen LogP contribution in [0.3, 0.4) is 0 Å². The van der Waals surface area contributed by atoms with Crippen molar-refractivity contribution < 1.29 is 12.8 Å². The van der Waals surface area contributed by atoms with Crippen LogP contribution in [0, 0.1) is 5.82 Å². The molecule has 0 unspecified atom stereocenters. The second kappa shape index (κ2) is 7.06. The molecule has 18 heavy (non-hydrogen) atoms. The summed E-state index contributed by atoms with van der Waals surface area (Å²) < 4.78 is 39.2. The van der Waals surface area contributed by atoms with Gasteiger partial charge in [0.15, 0.2) is 0 Å². The van der Waals surface area contributed by atoms with Crippen LogP contribution in [0.2, 0.25) is 0 Å². The fourth-order valence-electron chi connectivity index (χ4n) is 1.38. The van der Waals surface area contributed by atoms with Gasteiger partial charge in [-0.15, -0.1) is 0 Å². The van der Waals surface area contributed by atoms with Crippen molar-refractivity contribution in [1.82, 2.24) is 5.32 Å². The van der Waals surface area contributed by atoms with Gasteiger partial charge in [-0.05, 0) is 60.6 Å². The SMILES string of the molecule is CNCCCCS(=O)(=O)Nc1ccc(F)cc1Br. The predicted octanol–water partition coefficient (Wildman–Crippen LogP) is 2.33. The highest BCUT2D eigenvalue weighted by molar-refractivity contribution is 9.10. The minimum Gasteiger partial charge on any atom is -0.320 e. The van der Waals surface area contributed by atoms with Gasteiger partial charge < -0.3 is 5.32 Å². The second-order valence-corrected chi connectivity index (χ2v) is 6.55. The highest BCUT2D eigenvalue weighted by Gasteiger charge is 2.12. The number of halogens is 2. The molecule has 1 aromatic rings. The maximum Gasteiger partial charge on any atom is 0.232 e. The summed E-state index contributed by atoms with van der Waals surface area (Å²) in [6, 6.07) is 3.83. The van der Waals surface area contributed by atoms with E-state index in [0.29, 0.717) is 16.6 Å². The van der Waals surface area contributed by atoms with Crippen molar-refractivity contribution in [1.29, 1.82) is 0 Å². The summed E-state index contributed by atoms with van der Waals surface area (Å²) >= 11 is 3.12. The lowest BCUT2D eigenvalue weighted by Gasteiger charge is -2.09. The number of benzene rings is 1. The van der Waals surface area contributed by atoms with Gasteiger partial charge in [0, 0.05) is 4.47 Å². The average molecular weight is 339 g/mol. The van der Waals surface area contributed by atoms with Crippen molar-refractivity contribution in [2.45, 2.75) is 12.8 Å². The standard InChI is InChI=1S/C11H16BrFN2O2S/c1-14-6-2-3-7-18(16,17)15-11-5-4-9(13)8-10(11)12/h4-5,8,14-15H,2-3,6-7H2,1H3. The third-order valence-electron chi connectivity index (χ3n) is 2.29. The maximum atomic E-state index is 12.9. The molecule has 0 amide bonds.